The Bertz CT molecular complexity index is 545. The highest BCUT2D eigenvalue weighted by atomic mass is 16.5. The summed E-state index contributed by atoms with van der Waals surface area (Å²) in [6, 6.07) is 7.94. The van der Waals surface area contributed by atoms with E-state index >= 15 is 0 Å². The van der Waals surface area contributed by atoms with Gasteiger partial charge in [0.2, 0.25) is 5.89 Å². The zero-order valence-electron chi connectivity index (χ0n) is 11.6. The number of hydrogen-bond acceptors (Lipinski definition) is 5. The lowest BCUT2D eigenvalue weighted by Crippen LogP contribution is -2.10. The average Bonchev–Trinajstić information content (AvgIpc) is 3.12. The molecule has 5 heteroatoms. The fourth-order valence-corrected chi connectivity index (χ4v) is 2.51. The van der Waals surface area contributed by atoms with Gasteiger partial charge in [-0.15, -0.1) is 0 Å². The Balaban J connectivity index is 1.60. The predicted molar refractivity (Wildman–Crippen MR) is 74.8 cm³/mol. The van der Waals surface area contributed by atoms with Crippen LogP contribution < -0.4 is 10.1 Å². The second-order valence-corrected chi connectivity index (χ2v) is 5.19. The fraction of sp³-hybridized carbons (Fsp3) is 0.467. The summed E-state index contributed by atoms with van der Waals surface area (Å²) in [5, 5.41) is 7.41. The Morgan fingerprint density at radius 2 is 2.20 bits per heavy atom. The molecule has 1 aliphatic heterocycles. The van der Waals surface area contributed by atoms with Crippen LogP contribution in [0.3, 0.4) is 0 Å². The molecule has 106 valence electrons. The van der Waals surface area contributed by atoms with Crippen molar-refractivity contribution in [3.05, 3.63) is 41.5 Å². The molecule has 0 radical (unpaired) electrons. The molecule has 20 heavy (non-hydrogen) atoms. The Morgan fingerprint density at radius 3 is 2.90 bits per heavy atom. The van der Waals surface area contributed by atoms with E-state index in [4.69, 9.17) is 9.26 Å². The molecule has 1 N–H and O–H groups in total. The van der Waals surface area contributed by atoms with E-state index in [2.05, 4.69) is 15.5 Å². The van der Waals surface area contributed by atoms with Crippen LogP contribution in [-0.2, 0) is 12.8 Å². The highest BCUT2D eigenvalue weighted by Crippen LogP contribution is 2.16. The van der Waals surface area contributed by atoms with Gasteiger partial charge in [0.15, 0.2) is 5.82 Å². The molecule has 0 aliphatic carbocycles. The van der Waals surface area contributed by atoms with Gasteiger partial charge in [-0.25, -0.2) is 0 Å². The van der Waals surface area contributed by atoms with Gasteiger partial charge >= 0.3 is 0 Å². The monoisotopic (exact) mass is 273 g/mol. The van der Waals surface area contributed by atoms with E-state index in [9.17, 15) is 0 Å². The van der Waals surface area contributed by atoms with Gasteiger partial charge in [0.05, 0.1) is 7.11 Å². The van der Waals surface area contributed by atoms with Gasteiger partial charge in [-0.1, -0.05) is 17.3 Å². The fourth-order valence-electron chi connectivity index (χ4n) is 2.51. The number of aromatic nitrogens is 2. The standard InChI is InChI=1S/C15H19N3O2/c1-19-13-4-2-11(3-5-13)8-14-17-15(20-18-14)9-12-6-7-16-10-12/h2-5,12,16H,6-10H2,1H3. The molecule has 0 spiro atoms. The van der Waals surface area contributed by atoms with Crippen LogP contribution in [0.15, 0.2) is 28.8 Å². The molecule has 1 atom stereocenters. The minimum absolute atomic E-state index is 0.629. The first-order valence-electron chi connectivity index (χ1n) is 6.98. The van der Waals surface area contributed by atoms with Crippen molar-refractivity contribution in [3.63, 3.8) is 0 Å². The molecule has 2 heterocycles. The Morgan fingerprint density at radius 1 is 1.35 bits per heavy atom. The SMILES string of the molecule is COc1ccc(Cc2noc(CC3CCNC3)n2)cc1. The van der Waals surface area contributed by atoms with Crippen molar-refractivity contribution in [2.24, 2.45) is 5.92 Å². The van der Waals surface area contributed by atoms with Crippen molar-refractivity contribution in [1.29, 1.82) is 0 Å². The van der Waals surface area contributed by atoms with Gasteiger partial charge in [0.25, 0.3) is 0 Å². The highest BCUT2D eigenvalue weighted by Gasteiger charge is 2.18. The van der Waals surface area contributed by atoms with Crippen molar-refractivity contribution in [2.45, 2.75) is 19.3 Å². The summed E-state index contributed by atoms with van der Waals surface area (Å²) in [5.74, 6) is 2.99. The summed E-state index contributed by atoms with van der Waals surface area (Å²) in [6.45, 7) is 2.15. The molecule has 2 aromatic rings. The minimum Gasteiger partial charge on any atom is -0.497 e. The van der Waals surface area contributed by atoms with Crippen LogP contribution in [0, 0.1) is 5.92 Å². The molecule has 0 amide bonds. The van der Waals surface area contributed by atoms with Gasteiger partial charge in [-0.2, -0.15) is 4.98 Å². The largest absolute Gasteiger partial charge is 0.497 e. The smallest absolute Gasteiger partial charge is 0.226 e. The van der Waals surface area contributed by atoms with Crippen LogP contribution >= 0.6 is 0 Å². The second kappa shape index (κ2) is 6.05. The van der Waals surface area contributed by atoms with E-state index in [1.165, 1.54) is 6.42 Å². The lowest BCUT2D eigenvalue weighted by Gasteiger charge is -2.02. The van der Waals surface area contributed by atoms with Crippen molar-refractivity contribution in [3.8, 4) is 5.75 Å². The Labute approximate surface area is 118 Å². The highest BCUT2D eigenvalue weighted by molar-refractivity contribution is 5.28. The van der Waals surface area contributed by atoms with Crippen molar-refractivity contribution < 1.29 is 9.26 Å². The summed E-state index contributed by atoms with van der Waals surface area (Å²) in [5.41, 5.74) is 1.15. The third-order valence-corrected chi connectivity index (χ3v) is 3.66. The molecular weight excluding hydrogens is 254 g/mol. The van der Waals surface area contributed by atoms with E-state index in [1.54, 1.807) is 7.11 Å². The molecule has 1 saturated heterocycles. The van der Waals surface area contributed by atoms with Gasteiger partial charge in [0.1, 0.15) is 5.75 Å². The quantitative estimate of drug-likeness (QED) is 0.900. The molecule has 1 aliphatic rings. The molecule has 3 rings (SSSR count). The van der Waals surface area contributed by atoms with Crippen LogP contribution in [0.2, 0.25) is 0 Å². The average molecular weight is 273 g/mol. The molecule has 1 fully saturated rings. The number of hydrogen-bond donors (Lipinski definition) is 1. The van der Waals surface area contributed by atoms with Crippen LogP contribution in [-0.4, -0.2) is 30.3 Å². The normalized spacial score (nSPS) is 18.4. The van der Waals surface area contributed by atoms with E-state index in [-0.39, 0.29) is 0 Å². The first-order chi connectivity index (χ1) is 9.83. The summed E-state index contributed by atoms with van der Waals surface area (Å²) in [6.07, 6.45) is 2.76. The number of ether oxygens (including phenoxy) is 1. The van der Waals surface area contributed by atoms with Crippen LogP contribution in [0.5, 0.6) is 5.75 Å². The number of methoxy groups -OCH3 is 1. The third kappa shape index (κ3) is 3.17. The summed E-state index contributed by atoms with van der Waals surface area (Å²) in [4.78, 5) is 4.47. The van der Waals surface area contributed by atoms with Gasteiger partial charge < -0.3 is 14.6 Å². The minimum atomic E-state index is 0.629. The molecule has 0 bridgehead atoms. The zero-order valence-corrected chi connectivity index (χ0v) is 11.6. The Kier molecular flexibility index (Phi) is 3.97. The van der Waals surface area contributed by atoms with Crippen LogP contribution in [0.4, 0.5) is 0 Å². The number of nitrogens with zero attached hydrogens (tertiary/aromatic N) is 2. The molecule has 1 aromatic carbocycles. The van der Waals surface area contributed by atoms with Crippen molar-refractivity contribution in [1.82, 2.24) is 15.5 Å². The van der Waals surface area contributed by atoms with E-state index in [0.717, 1.165) is 42.5 Å². The molecule has 0 saturated carbocycles. The number of benzene rings is 1. The maximum atomic E-state index is 5.33. The number of nitrogens with one attached hydrogen (secondary N) is 1. The molecule has 1 unspecified atom stereocenters. The third-order valence-electron chi connectivity index (χ3n) is 3.66. The maximum absolute atomic E-state index is 5.33. The first kappa shape index (κ1) is 13.1. The van der Waals surface area contributed by atoms with Crippen molar-refractivity contribution in [2.75, 3.05) is 20.2 Å². The molecule has 1 aromatic heterocycles. The van der Waals surface area contributed by atoms with Crippen LogP contribution in [0.1, 0.15) is 23.7 Å². The van der Waals surface area contributed by atoms with E-state index < -0.39 is 0 Å². The van der Waals surface area contributed by atoms with Gasteiger partial charge in [-0.3, -0.25) is 0 Å². The van der Waals surface area contributed by atoms with Gasteiger partial charge in [0, 0.05) is 12.8 Å². The molecule has 5 nitrogen and oxygen atoms in total. The first-order valence-corrected chi connectivity index (χ1v) is 6.98. The summed E-state index contributed by atoms with van der Waals surface area (Å²) >= 11 is 0. The predicted octanol–water partition coefficient (Wildman–Crippen LogP) is 1.82. The van der Waals surface area contributed by atoms with E-state index in [1.807, 2.05) is 24.3 Å². The van der Waals surface area contributed by atoms with Crippen molar-refractivity contribution >= 4 is 0 Å². The second-order valence-electron chi connectivity index (χ2n) is 5.19. The van der Waals surface area contributed by atoms with Crippen LogP contribution in [0.25, 0.3) is 0 Å². The summed E-state index contributed by atoms with van der Waals surface area (Å²) in [7, 11) is 1.67. The van der Waals surface area contributed by atoms with Gasteiger partial charge in [-0.05, 0) is 43.1 Å². The topological polar surface area (TPSA) is 60.2 Å². The lowest BCUT2D eigenvalue weighted by atomic mass is 10.1. The number of rotatable bonds is 5. The molecular formula is C15H19N3O2. The Hall–Kier alpha value is -1.88. The maximum Gasteiger partial charge on any atom is 0.226 e. The lowest BCUT2D eigenvalue weighted by molar-refractivity contribution is 0.354. The summed E-state index contributed by atoms with van der Waals surface area (Å²) < 4.78 is 10.5. The van der Waals surface area contributed by atoms with E-state index in [0.29, 0.717) is 12.3 Å². The zero-order chi connectivity index (χ0) is 13.8.